The Bertz CT molecular complexity index is 651. The molecule has 2 saturated heterocycles. The number of rotatable bonds is 3. The first kappa shape index (κ1) is 15.5. The summed E-state index contributed by atoms with van der Waals surface area (Å²) in [5.41, 5.74) is 0.451. The van der Waals surface area contributed by atoms with Crippen LogP contribution in [0.5, 0.6) is 0 Å². The highest BCUT2D eigenvalue weighted by atomic mass is 32.2. The van der Waals surface area contributed by atoms with Crippen LogP contribution in [0.1, 0.15) is 13.8 Å². The number of hydrogen-bond donors (Lipinski definition) is 1. The zero-order chi connectivity index (χ0) is 16.2. The highest BCUT2D eigenvalue weighted by Crippen LogP contribution is 2.41. The van der Waals surface area contributed by atoms with Crippen LogP contribution in [-0.2, 0) is 19.6 Å². The van der Waals surface area contributed by atoms with E-state index in [0.29, 0.717) is 25.3 Å². The lowest BCUT2D eigenvalue weighted by atomic mass is 9.88. The largest absolute Gasteiger partial charge is 0.329 e. The molecule has 0 spiro atoms. The van der Waals surface area contributed by atoms with Crippen LogP contribution in [0, 0.1) is 17.8 Å². The van der Waals surface area contributed by atoms with Gasteiger partial charge in [-0.15, -0.1) is 0 Å². The summed E-state index contributed by atoms with van der Waals surface area (Å²) in [6.07, 6.45) is 2.74. The molecule has 0 saturated carbocycles. The first-order chi connectivity index (χ1) is 10.2. The van der Waals surface area contributed by atoms with Crippen LogP contribution in [-0.4, -0.2) is 61.4 Å². The van der Waals surface area contributed by atoms with Gasteiger partial charge in [0.25, 0.3) is 0 Å². The second-order valence-electron chi connectivity index (χ2n) is 6.56. The summed E-state index contributed by atoms with van der Waals surface area (Å²) in [5.74, 6) is -1.02. The maximum absolute atomic E-state index is 12.6. The van der Waals surface area contributed by atoms with Gasteiger partial charge in [-0.2, -0.15) is 0 Å². The molecule has 8 heteroatoms. The van der Waals surface area contributed by atoms with Crippen molar-refractivity contribution < 1.29 is 18.0 Å². The van der Waals surface area contributed by atoms with Crippen LogP contribution in [0.4, 0.5) is 0 Å². The van der Waals surface area contributed by atoms with Crippen LogP contribution in [0.15, 0.2) is 11.8 Å². The van der Waals surface area contributed by atoms with Gasteiger partial charge in [0.05, 0.1) is 29.8 Å². The Hall–Kier alpha value is -1.41. The van der Waals surface area contributed by atoms with Gasteiger partial charge in [-0.25, -0.2) is 12.7 Å². The minimum atomic E-state index is -3.67. The third-order valence-corrected chi connectivity index (χ3v) is 5.71. The lowest BCUT2D eigenvalue weighted by molar-refractivity contribution is -0.139. The van der Waals surface area contributed by atoms with Gasteiger partial charge in [-0.1, -0.05) is 13.8 Å². The zero-order valence-corrected chi connectivity index (χ0v) is 13.8. The third kappa shape index (κ3) is 2.16. The molecule has 3 aliphatic heterocycles. The minimum absolute atomic E-state index is 0.00352. The number of nitrogens with one attached hydrogen (secondary N) is 1. The fraction of sp³-hybridized carbons (Fsp3) is 0.714. The van der Waals surface area contributed by atoms with Crippen LogP contribution >= 0.6 is 0 Å². The summed E-state index contributed by atoms with van der Waals surface area (Å²) >= 11 is 0. The standard InChI is InChI=1S/C14H21N3O4S/c1-8(2)11-12-10(17(14(11)19)22(3,20)21)4-5-16(12)13(18)9-6-15-7-9/h4,8-9,11-12,15H,5-7H2,1-3H3/t11-,12+/m0/s1. The number of hydrogen-bond acceptors (Lipinski definition) is 5. The number of carbonyl (C=O) groups excluding carboxylic acids is 2. The molecule has 2 fully saturated rings. The van der Waals surface area contributed by atoms with Crippen molar-refractivity contribution in [2.75, 3.05) is 25.9 Å². The average Bonchev–Trinajstić information content (AvgIpc) is 2.80. The number of nitrogens with zero attached hydrogens (tertiary/aromatic N) is 2. The number of carbonyl (C=O) groups is 2. The van der Waals surface area contributed by atoms with Crippen molar-refractivity contribution in [2.24, 2.45) is 17.8 Å². The molecule has 3 heterocycles. The summed E-state index contributed by atoms with van der Waals surface area (Å²) in [7, 11) is -3.67. The molecular weight excluding hydrogens is 306 g/mol. The molecular formula is C14H21N3O4S. The van der Waals surface area contributed by atoms with Gasteiger partial charge in [-0.05, 0) is 12.0 Å². The van der Waals surface area contributed by atoms with Crippen molar-refractivity contribution in [2.45, 2.75) is 19.9 Å². The fourth-order valence-corrected chi connectivity index (χ4v) is 4.51. The number of amides is 2. The van der Waals surface area contributed by atoms with Gasteiger partial charge in [-0.3, -0.25) is 9.59 Å². The molecule has 22 heavy (non-hydrogen) atoms. The molecule has 0 aromatic rings. The van der Waals surface area contributed by atoms with Crippen molar-refractivity contribution in [3.63, 3.8) is 0 Å². The predicted molar refractivity (Wildman–Crippen MR) is 80.0 cm³/mol. The lowest BCUT2D eigenvalue weighted by Crippen LogP contribution is -2.54. The maximum Gasteiger partial charge on any atom is 0.246 e. The van der Waals surface area contributed by atoms with E-state index in [2.05, 4.69) is 5.32 Å². The molecule has 0 aromatic heterocycles. The van der Waals surface area contributed by atoms with Crippen LogP contribution < -0.4 is 5.32 Å². The topological polar surface area (TPSA) is 86.8 Å². The van der Waals surface area contributed by atoms with Crippen molar-refractivity contribution in [3.8, 4) is 0 Å². The molecule has 0 aromatic carbocycles. The Morgan fingerprint density at radius 1 is 1.36 bits per heavy atom. The van der Waals surface area contributed by atoms with Crippen molar-refractivity contribution in [3.05, 3.63) is 11.8 Å². The smallest absolute Gasteiger partial charge is 0.246 e. The van der Waals surface area contributed by atoms with E-state index in [-0.39, 0.29) is 17.7 Å². The molecule has 0 unspecified atom stereocenters. The number of sulfonamides is 1. The zero-order valence-electron chi connectivity index (χ0n) is 12.9. The third-order valence-electron chi connectivity index (χ3n) is 4.66. The summed E-state index contributed by atoms with van der Waals surface area (Å²) in [4.78, 5) is 26.8. The Labute approximate surface area is 130 Å². The molecule has 2 amide bonds. The van der Waals surface area contributed by atoms with Crippen LogP contribution in [0.3, 0.4) is 0 Å². The first-order valence-electron chi connectivity index (χ1n) is 7.49. The second kappa shape index (κ2) is 5.06. The average molecular weight is 327 g/mol. The molecule has 3 rings (SSSR count). The highest BCUT2D eigenvalue weighted by Gasteiger charge is 2.55. The van der Waals surface area contributed by atoms with Gasteiger partial charge in [0.2, 0.25) is 21.8 Å². The van der Waals surface area contributed by atoms with Crippen LogP contribution in [0.2, 0.25) is 0 Å². The number of fused-ring (bicyclic) bond motifs is 1. The SMILES string of the molecule is CC(C)[C@@H]1C(=O)N(S(C)(=O)=O)C2=CCN(C(=O)C3CNC3)[C@H]21. The van der Waals surface area contributed by atoms with Gasteiger partial charge in [0, 0.05) is 19.6 Å². The van der Waals surface area contributed by atoms with Gasteiger partial charge < -0.3 is 10.2 Å². The molecule has 0 bridgehead atoms. The van der Waals surface area contributed by atoms with Crippen LogP contribution in [0.25, 0.3) is 0 Å². The van der Waals surface area contributed by atoms with Crippen molar-refractivity contribution in [1.82, 2.24) is 14.5 Å². The van der Waals surface area contributed by atoms with Gasteiger partial charge >= 0.3 is 0 Å². The molecule has 122 valence electrons. The molecule has 3 aliphatic rings. The van der Waals surface area contributed by atoms with E-state index in [1.54, 1.807) is 11.0 Å². The first-order valence-corrected chi connectivity index (χ1v) is 9.33. The fourth-order valence-electron chi connectivity index (χ4n) is 3.49. The Morgan fingerprint density at radius 2 is 2.00 bits per heavy atom. The molecule has 1 N–H and O–H groups in total. The van der Waals surface area contributed by atoms with E-state index in [9.17, 15) is 18.0 Å². The molecule has 7 nitrogen and oxygen atoms in total. The minimum Gasteiger partial charge on any atom is -0.329 e. The Morgan fingerprint density at radius 3 is 2.45 bits per heavy atom. The van der Waals surface area contributed by atoms with E-state index in [1.807, 2.05) is 13.8 Å². The van der Waals surface area contributed by atoms with Gasteiger partial charge in [0.15, 0.2) is 0 Å². The lowest BCUT2D eigenvalue weighted by Gasteiger charge is -2.35. The normalized spacial score (nSPS) is 28.9. The summed E-state index contributed by atoms with van der Waals surface area (Å²) in [5, 5.41) is 3.06. The van der Waals surface area contributed by atoms with E-state index in [4.69, 9.17) is 0 Å². The Balaban J connectivity index is 1.97. The molecule has 0 aliphatic carbocycles. The summed E-state index contributed by atoms with van der Waals surface area (Å²) in [6, 6.07) is -0.449. The summed E-state index contributed by atoms with van der Waals surface area (Å²) in [6.45, 7) is 5.44. The van der Waals surface area contributed by atoms with Crippen molar-refractivity contribution >= 4 is 21.8 Å². The van der Waals surface area contributed by atoms with E-state index >= 15 is 0 Å². The highest BCUT2D eigenvalue weighted by molar-refractivity contribution is 7.89. The second-order valence-corrected chi connectivity index (χ2v) is 8.39. The van der Waals surface area contributed by atoms with Crippen molar-refractivity contribution in [1.29, 1.82) is 0 Å². The van der Waals surface area contributed by atoms with E-state index < -0.39 is 27.9 Å². The van der Waals surface area contributed by atoms with Gasteiger partial charge in [0.1, 0.15) is 0 Å². The monoisotopic (exact) mass is 327 g/mol. The van der Waals surface area contributed by atoms with E-state index in [0.717, 1.165) is 10.6 Å². The quantitative estimate of drug-likeness (QED) is 0.746. The van der Waals surface area contributed by atoms with E-state index in [1.165, 1.54) is 0 Å². The predicted octanol–water partition coefficient (Wildman–Crippen LogP) is -0.625. The Kier molecular flexibility index (Phi) is 3.56. The summed E-state index contributed by atoms with van der Waals surface area (Å²) < 4.78 is 24.9. The molecule has 2 atom stereocenters. The molecule has 0 radical (unpaired) electrons. The maximum atomic E-state index is 12.6.